The van der Waals surface area contributed by atoms with Crippen LogP contribution in [0.25, 0.3) is 0 Å². The van der Waals surface area contributed by atoms with Crippen LogP contribution in [-0.4, -0.2) is 55.7 Å². The van der Waals surface area contributed by atoms with Crippen molar-refractivity contribution in [2.45, 2.75) is 12.5 Å². The minimum absolute atomic E-state index is 0.195. The lowest BCUT2D eigenvalue weighted by Crippen LogP contribution is -2.43. The summed E-state index contributed by atoms with van der Waals surface area (Å²) in [4.78, 5) is 13.7. The average molecular weight is 280 g/mol. The highest BCUT2D eigenvalue weighted by atomic mass is 16.3. The van der Waals surface area contributed by atoms with Crippen LogP contribution in [0.2, 0.25) is 0 Å². The molecule has 5 N–H and O–H groups in total. The van der Waals surface area contributed by atoms with Crippen LogP contribution in [0.5, 0.6) is 0 Å². The van der Waals surface area contributed by atoms with Gasteiger partial charge in [-0.2, -0.15) is 0 Å². The first-order valence-corrected chi connectivity index (χ1v) is 6.48. The fourth-order valence-electron chi connectivity index (χ4n) is 2.06. The van der Waals surface area contributed by atoms with Gasteiger partial charge < -0.3 is 26.4 Å². The molecule has 112 valence electrons. The van der Waals surface area contributed by atoms with Gasteiger partial charge in [-0.25, -0.2) is 0 Å². The number of nitrogen functional groups attached to an aromatic ring is 1. The summed E-state index contributed by atoms with van der Waals surface area (Å²) in [5, 5.41) is 15.9. The summed E-state index contributed by atoms with van der Waals surface area (Å²) in [7, 11) is 5.36. The first-order chi connectivity index (χ1) is 9.25. The molecular formula is C14H24N4O2. The molecule has 1 atom stereocenters. The molecule has 1 amide bonds. The molecule has 0 saturated carbocycles. The van der Waals surface area contributed by atoms with E-state index in [1.165, 1.54) is 0 Å². The molecule has 0 aliphatic carbocycles. The summed E-state index contributed by atoms with van der Waals surface area (Å²) in [5.41, 5.74) is 6.52. The summed E-state index contributed by atoms with van der Waals surface area (Å²) in [6.07, 6.45) is 0. The Hall–Kier alpha value is -1.79. The van der Waals surface area contributed by atoms with Crippen molar-refractivity contribution in [2.75, 3.05) is 45.3 Å². The Balaban J connectivity index is 2.86. The smallest absolute Gasteiger partial charge is 0.253 e. The Labute approximate surface area is 120 Å². The zero-order chi connectivity index (χ0) is 15.3. The second kappa shape index (κ2) is 6.58. The van der Waals surface area contributed by atoms with Crippen molar-refractivity contribution in [3.8, 4) is 0 Å². The van der Waals surface area contributed by atoms with Gasteiger partial charge in [-0.05, 0) is 39.2 Å². The van der Waals surface area contributed by atoms with E-state index in [0.717, 1.165) is 0 Å². The van der Waals surface area contributed by atoms with E-state index in [1.54, 1.807) is 32.2 Å². The maximum absolute atomic E-state index is 11.8. The van der Waals surface area contributed by atoms with Gasteiger partial charge in [0.2, 0.25) is 0 Å². The van der Waals surface area contributed by atoms with Gasteiger partial charge in [-0.1, -0.05) is 0 Å². The van der Waals surface area contributed by atoms with Crippen LogP contribution in [-0.2, 0) is 0 Å². The van der Waals surface area contributed by atoms with Gasteiger partial charge in [0.05, 0.1) is 11.2 Å². The third kappa shape index (κ3) is 4.71. The largest absolute Gasteiger partial charge is 0.399 e. The Bertz CT molecular complexity index is 472. The Kier molecular flexibility index (Phi) is 5.35. The van der Waals surface area contributed by atoms with Crippen LogP contribution in [0.4, 0.5) is 11.4 Å². The van der Waals surface area contributed by atoms with E-state index in [2.05, 4.69) is 10.6 Å². The summed E-state index contributed by atoms with van der Waals surface area (Å²) >= 11 is 0. The van der Waals surface area contributed by atoms with E-state index in [1.807, 2.05) is 19.0 Å². The maximum atomic E-state index is 11.8. The molecule has 0 heterocycles. The second-order valence-electron chi connectivity index (χ2n) is 5.47. The van der Waals surface area contributed by atoms with Gasteiger partial charge in [0.1, 0.15) is 0 Å². The van der Waals surface area contributed by atoms with Crippen molar-refractivity contribution in [1.82, 2.24) is 10.2 Å². The number of nitrogens with one attached hydrogen (secondary N) is 2. The lowest BCUT2D eigenvalue weighted by Gasteiger charge is -2.28. The fourth-order valence-corrected chi connectivity index (χ4v) is 2.06. The van der Waals surface area contributed by atoms with Gasteiger partial charge in [0.15, 0.2) is 0 Å². The summed E-state index contributed by atoms with van der Waals surface area (Å²) in [6.45, 7) is 2.57. The molecule has 0 saturated heterocycles. The van der Waals surface area contributed by atoms with Crippen LogP contribution in [0.1, 0.15) is 17.3 Å². The number of likely N-dealkylation sites (N-methyl/N-ethyl adjacent to an activating group) is 1. The predicted octanol–water partition coefficient (Wildman–Crippen LogP) is 0.353. The summed E-state index contributed by atoms with van der Waals surface area (Å²) < 4.78 is 0. The lowest BCUT2D eigenvalue weighted by molar-refractivity contribution is 0.0459. The molecule has 1 aromatic carbocycles. The molecule has 0 aliphatic rings. The van der Waals surface area contributed by atoms with Crippen LogP contribution in [0.3, 0.4) is 0 Å². The summed E-state index contributed by atoms with van der Waals surface area (Å²) in [6, 6.07) is 5.03. The van der Waals surface area contributed by atoms with Gasteiger partial charge in [0, 0.05) is 31.5 Å². The topological polar surface area (TPSA) is 90.6 Å². The number of amides is 1. The average Bonchev–Trinajstić information content (AvgIpc) is 2.34. The van der Waals surface area contributed by atoms with Crippen LogP contribution >= 0.6 is 0 Å². The van der Waals surface area contributed by atoms with Crippen molar-refractivity contribution >= 4 is 17.3 Å². The Morgan fingerprint density at radius 2 is 2.10 bits per heavy atom. The number of benzene rings is 1. The SMILES string of the molecule is CNC(=O)c1ccc(N)cc1NCC(C)(O)CN(C)C. The highest BCUT2D eigenvalue weighted by molar-refractivity contribution is 6.00. The van der Waals surface area contributed by atoms with Gasteiger partial charge in [-0.3, -0.25) is 4.79 Å². The number of hydrogen-bond acceptors (Lipinski definition) is 5. The molecule has 0 aromatic heterocycles. The van der Waals surface area contributed by atoms with Crippen LogP contribution < -0.4 is 16.4 Å². The number of aliphatic hydroxyl groups is 1. The third-order valence-corrected chi connectivity index (χ3v) is 2.83. The number of nitrogens with two attached hydrogens (primary N) is 1. The predicted molar refractivity (Wildman–Crippen MR) is 81.9 cm³/mol. The molecule has 1 aromatic rings. The minimum Gasteiger partial charge on any atom is -0.399 e. The molecule has 0 aliphatic heterocycles. The highest BCUT2D eigenvalue weighted by Gasteiger charge is 2.22. The highest BCUT2D eigenvalue weighted by Crippen LogP contribution is 2.20. The maximum Gasteiger partial charge on any atom is 0.253 e. The molecule has 0 bridgehead atoms. The molecule has 1 unspecified atom stereocenters. The molecule has 1 rings (SSSR count). The van der Waals surface area contributed by atoms with Crippen molar-refractivity contribution in [3.05, 3.63) is 23.8 Å². The molecular weight excluding hydrogens is 256 g/mol. The summed E-state index contributed by atoms with van der Waals surface area (Å²) in [5.74, 6) is -0.195. The number of hydrogen-bond donors (Lipinski definition) is 4. The quantitative estimate of drug-likeness (QED) is 0.565. The number of rotatable bonds is 6. The molecule has 6 heteroatoms. The number of carbonyl (C=O) groups excluding carboxylic acids is 1. The van der Waals surface area contributed by atoms with Crippen molar-refractivity contribution in [2.24, 2.45) is 0 Å². The zero-order valence-electron chi connectivity index (χ0n) is 12.5. The normalized spacial score (nSPS) is 13.9. The number of anilines is 2. The molecule has 0 spiro atoms. The van der Waals surface area contributed by atoms with E-state index in [0.29, 0.717) is 30.0 Å². The first kappa shape index (κ1) is 16.3. The Morgan fingerprint density at radius 3 is 2.65 bits per heavy atom. The molecule has 20 heavy (non-hydrogen) atoms. The van der Waals surface area contributed by atoms with Gasteiger partial charge in [0.25, 0.3) is 5.91 Å². The molecule has 0 fully saturated rings. The fraction of sp³-hybridized carbons (Fsp3) is 0.500. The van der Waals surface area contributed by atoms with Crippen LogP contribution in [0, 0.1) is 0 Å². The van der Waals surface area contributed by atoms with Crippen molar-refractivity contribution < 1.29 is 9.90 Å². The Morgan fingerprint density at radius 1 is 1.45 bits per heavy atom. The minimum atomic E-state index is -0.909. The van der Waals surface area contributed by atoms with Gasteiger partial charge >= 0.3 is 0 Å². The van der Waals surface area contributed by atoms with Crippen LogP contribution in [0.15, 0.2) is 18.2 Å². The second-order valence-corrected chi connectivity index (χ2v) is 5.47. The van der Waals surface area contributed by atoms with E-state index in [4.69, 9.17) is 5.73 Å². The van der Waals surface area contributed by atoms with Gasteiger partial charge in [-0.15, -0.1) is 0 Å². The standard InChI is InChI=1S/C14H24N4O2/c1-14(20,9-18(3)4)8-17-12-7-10(15)5-6-11(12)13(19)16-2/h5-7,17,20H,8-9,15H2,1-4H3,(H,16,19). The monoisotopic (exact) mass is 280 g/mol. The first-order valence-electron chi connectivity index (χ1n) is 6.48. The lowest BCUT2D eigenvalue weighted by atomic mass is 10.1. The van der Waals surface area contributed by atoms with Crippen molar-refractivity contribution in [3.63, 3.8) is 0 Å². The molecule has 0 radical (unpaired) electrons. The number of carbonyl (C=O) groups is 1. The number of nitrogens with zero attached hydrogens (tertiary/aromatic N) is 1. The van der Waals surface area contributed by atoms with E-state index in [9.17, 15) is 9.90 Å². The zero-order valence-corrected chi connectivity index (χ0v) is 12.5. The van der Waals surface area contributed by atoms with E-state index >= 15 is 0 Å². The van der Waals surface area contributed by atoms with E-state index < -0.39 is 5.60 Å². The molecule has 6 nitrogen and oxygen atoms in total. The van der Waals surface area contributed by atoms with E-state index in [-0.39, 0.29) is 5.91 Å². The van der Waals surface area contributed by atoms with Crippen molar-refractivity contribution in [1.29, 1.82) is 0 Å². The third-order valence-electron chi connectivity index (χ3n) is 2.83.